The lowest BCUT2D eigenvalue weighted by Gasteiger charge is -2.16. The summed E-state index contributed by atoms with van der Waals surface area (Å²) in [5, 5.41) is 6.96. The smallest absolute Gasteiger partial charge is 0.231 e. The molecular weight excluding hydrogens is 284 g/mol. The summed E-state index contributed by atoms with van der Waals surface area (Å²) >= 11 is 7.85. The van der Waals surface area contributed by atoms with E-state index in [1.54, 1.807) is 17.5 Å². The Morgan fingerprint density at radius 1 is 1.47 bits per heavy atom. The molecule has 6 heteroatoms. The number of fused-ring (bicyclic) bond motifs is 1. The van der Waals surface area contributed by atoms with E-state index < -0.39 is 0 Å². The average molecular weight is 297 g/mol. The zero-order chi connectivity index (χ0) is 13.2. The predicted molar refractivity (Wildman–Crippen MR) is 75.2 cm³/mol. The first-order valence-corrected chi connectivity index (χ1v) is 7.27. The SMILES string of the molecule is CCNC(c1cc(Cl)c2c(c1)OCO2)c1nccs1. The summed E-state index contributed by atoms with van der Waals surface area (Å²) in [5.41, 5.74) is 1.03. The fourth-order valence-electron chi connectivity index (χ4n) is 2.08. The number of aromatic nitrogens is 1. The van der Waals surface area contributed by atoms with Gasteiger partial charge in [0.2, 0.25) is 6.79 Å². The summed E-state index contributed by atoms with van der Waals surface area (Å²) in [4.78, 5) is 4.38. The van der Waals surface area contributed by atoms with Crippen molar-refractivity contribution in [2.75, 3.05) is 13.3 Å². The minimum absolute atomic E-state index is 0.0250. The fraction of sp³-hybridized carbons (Fsp3) is 0.308. The van der Waals surface area contributed by atoms with Gasteiger partial charge in [0.1, 0.15) is 5.01 Å². The lowest BCUT2D eigenvalue weighted by Crippen LogP contribution is -2.21. The Labute approximate surface area is 120 Å². The summed E-state index contributed by atoms with van der Waals surface area (Å²) in [7, 11) is 0. The molecule has 1 aromatic carbocycles. The molecule has 1 N–H and O–H groups in total. The highest BCUT2D eigenvalue weighted by atomic mass is 35.5. The van der Waals surface area contributed by atoms with E-state index in [4.69, 9.17) is 21.1 Å². The van der Waals surface area contributed by atoms with Crippen LogP contribution in [0.4, 0.5) is 0 Å². The second-order valence-corrected chi connectivity index (χ2v) is 5.43. The maximum atomic E-state index is 6.23. The van der Waals surface area contributed by atoms with Gasteiger partial charge in [0, 0.05) is 11.6 Å². The normalized spacial score (nSPS) is 14.6. The van der Waals surface area contributed by atoms with Crippen LogP contribution in [0.2, 0.25) is 5.02 Å². The van der Waals surface area contributed by atoms with Crippen molar-refractivity contribution in [3.8, 4) is 11.5 Å². The minimum Gasteiger partial charge on any atom is -0.454 e. The van der Waals surface area contributed by atoms with Gasteiger partial charge in [-0.25, -0.2) is 4.98 Å². The van der Waals surface area contributed by atoms with Crippen LogP contribution in [0.1, 0.15) is 23.5 Å². The van der Waals surface area contributed by atoms with Gasteiger partial charge in [-0.3, -0.25) is 0 Å². The molecule has 1 unspecified atom stereocenters. The minimum atomic E-state index is 0.0250. The molecule has 4 nitrogen and oxygen atoms in total. The predicted octanol–water partition coefficient (Wildman–Crippen LogP) is 3.22. The number of hydrogen-bond acceptors (Lipinski definition) is 5. The molecule has 0 aliphatic carbocycles. The van der Waals surface area contributed by atoms with E-state index in [1.165, 1.54) is 0 Å². The molecule has 0 fully saturated rings. The number of benzene rings is 1. The average Bonchev–Trinajstić information content (AvgIpc) is 3.06. The Balaban J connectivity index is 2.01. The second kappa shape index (κ2) is 5.36. The van der Waals surface area contributed by atoms with E-state index >= 15 is 0 Å². The van der Waals surface area contributed by atoms with E-state index in [1.807, 2.05) is 17.5 Å². The van der Waals surface area contributed by atoms with E-state index in [0.717, 1.165) is 17.1 Å². The van der Waals surface area contributed by atoms with Crippen LogP contribution in [0.5, 0.6) is 11.5 Å². The Morgan fingerprint density at radius 2 is 2.37 bits per heavy atom. The summed E-state index contributed by atoms with van der Waals surface area (Å²) in [5.74, 6) is 1.32. The second-order valence-electron chi connectivity index (χ2n) is 4.10. The quantitative estimate of drug-likeness (QED) is 0.941. The molecule has 1 atom stereocenters. The zero-order valence-corrected chi connectivity index (χ0v) is 11.9. The van der Waals surface area contributed by atoms with E-state index in [0.29, 0.717) is 16.5 Å². The summed E-state index contributed by atoms with van der Waals surface area (Å²) in [6.45, 7) is 3.13. The molecule has 0 radical (unpaired) electrons. The maximum absolute atomic E-state index is 6.23. The van der Waals surface area contributed by atoms with Crippen molar-refractivity contribution in [3.63, 3.8) is 0 Å². The van der Waals surface area contributed by atoms with Crippen molar-refractivity contribution in [1.29, 1.82) is 0 Å². The third-order valence-corrected chi connectivity index (χ3v) is 4.01. The molecular formula is C13H13ClN2O2S. The highest BCUT2D eigenvalue weighted by Crippen LogP contribution is 2.42. The molecule has 2 aromatic rings. The Hall–Kier alpha value is -1.30. The van der Waals surface area contributed by atoms with E-state index in [9.17, 15) is 0 Å². The number of nitrogens with one attached hydrogen (secondary N) is 1. The fourth-order valence-corrected chi connectivity index (χ4v) is 3.09. The number of rotatable bonds is 4. The Bertz CT molecular complexity index is 574. The number of hydrogen-bond donors (Lipinski definition) is 1. The maximum Gasteiger partial charge on any atom is 0.231 e. The van der Waals surface area contributed by atoms with Crippen LogP contribution in [0, 0.1) is 0 Å². The molecule has 19 heavy (non-hydrogen) atoms. The van der Waals surface area contributed by atoms with Crippen molar-refractivity contribution >= 4 is 22.9 Å². The molecule has 2 heterocycles. The van der Waals surface area contributed by atoms with Crippen LogP contribution in [-0.2, 0) is 0 Å². The van der Waals surface area contributed by atoms with Gasteiger partial charge < -0.3 is 14.8 Å². The van der Waals surface area contributed by atoms with Crippen molar-refractivity contribution in [2.24, 2.45) is 0 Å². The molecule has 0 saturated heterocycles. The highest BCUT2D eigenvalue weighted by Gasteiger charge is 2.23. The number of halogens is 1. The van der Waals surface area contributed by atoms with Crippen molar-refractivity contribution in [3.05, 3.63) is 39.3 Å². The van der Waals surface area contributed by atoms with Crippen molar-refractivity contribution < 1.29 is 9.47 Å². The van der Waals surface area contributed by atoms with E-state index in [-0.39, 0.29) is 12.8 Å². The number of thiazole rings is 1. The molecule has 100 valence electrons. The molecule has 0 amide bonds. The van der Waals surface area contributed by atoms with Crippen LogP contribution in [0.15, 0.2) is 23.7 Å². The van der Waals surface area contributed by atoms with Gasteiger partial charge in [0.15, 0.2) is 11.5 Å². The first-order valence-electron chi connectivity index (χ1n) is 6.01. The largest absolute Gasteiger partial charge is 0.454 e. The molecule has 0 spiro atoms. The van der Waals surface area contributed by atoms with E-state index in [2.05, 4.69) is 17.2 Å². The standard InChI is InChI=1S/C13H13ClN2O2S/c1-2-15-11(13-16-3-4-19-13)8-5-9(14)12-10(6-8)17-7-18-12/h3-6,11,15H,2,7H2,1H3. The van der Waals surface area contributed by atoms with Crippen LogP contribution in [0.25, 0.3) is 0 Å². The van der Waals surface area contributed by atoms with Gasteiger partial charge in [-0.2, -0.15) is 0 Å². The molecule has 1 aromatic heterocycles. The molecule has 1 aliphatic rings. The molecule has 1 aliphatic heterocycles. The molecule has 0 bridgehead atoms. The van der Waals surface area contributed by atoms with Gasteiger partial charge in [0.25, 0.3) is 0 Å². The zero-order valence-electron chi connectivity index (χ0n) is 10.4. The van der Waals surface area contributed by atoms with Gasteiger partial charge in [0.05, 0.1) is 11.1 Å². The van der Waals surface area contributed by atoms with Crippen LogP contribution < -0.4 is 14.8 Å². The third kappa shape index (κ3) is 2.41. The summed E-state index contributed by atoms with van der Waals surface area (Å²) < 4.78 is 10.7. The van der Waals surface area contributed by atoms with Crippen LogP contribution in [0.3, 0.4) is 0 Å². The lowest BCUT2D eigenvalue weighted by atomic mass is 10.1. The van der Waals surface area contributed by atoms with Gasteiger partial charge in [-0.05, 0) is 24.2 Å². The lowest BCUT2D eigenvalue weighted by molar-refractivity contribution is 0.174. The van der Waals surface area contributed by atoms with Crippen molar-refractivity contribution in [2.45, 2.75) is 13.0 Å². The first-order chi connectivity index (χ1) is 9.29. The monoisotopic (exact) mass is 296 g/mol. The Morgan fingerprint density at radius 3 is 3.11 bits per heavy atom. The van der Waals surface area contributed by atoms with Crippen LogP contribution in [-0.4, -0.2) is 18.3 Å². The topological polar surface area (TPSA) is 43.4 Å². The van der Waals surface area contributed by atoms with Gasteiger partial charge >= 0.3 is 0 Å². The van der Waals surface area contributed by atoms with Crippen molar-refractivity contribution in [1.82, 2.24) is 10.3 Å². The van der Waals surface area contributed by atoms with Gasteiger partial charge in [-0.15, -0.1) is 11.3 Å². The third-order valence-electron chi connectivity index (χ3n) is 2.89. The summed E-state index contributed by atoms with van der Waals surface area (Å²) in [6.07, 6.45) is 1.80. The number of nitrogens with zero attached hydrogens (tertiary/aromatic N) is 1. The highest BCUT2D eigenvalue weighted by molar-refractivity contribution is 7.09. The van der Waals surface area contributed by atoms with Crippen LogP contribution >= 0.6 is 22.9 Å². The van der Waals surface area contributed by atoms with Gasteiger partial charge in [-0.1, -0.05) is 18.5 Å². The Kier molecular flexibility index (Phi) is 3.59. The number of ether oxygens (including phenoxy) is 2. The molecule has 3 rings (SSSR count). The molecule has 0 saturated carbocycles. The first kappa shape index (κ1) is 12.7. The summed E-state index contributed by atoms with van der Waals surface area (Å²) in [6, 6.07) is 3.89.